The first-order valence-corrected chi connectivity index (χ1v) is 7.41. The van der Waals surface area contributed by atoms with Gasteiger partial charge in [0, 0.05) is 11.4 Å². The summed E-state index contributed by atoms with van der Waals surface area (Å²) < 4.78 is 0. The van der Waals surface area contributed by atoms with Gasteiger partial charge in [-0.25, -0.2) is 0 Å². The van der Waals surface area contributed by atoms with Crippen LogP contribution >= 0.6 is 0 Å². The Morgan fingerprint density at radius 2 is 1.33 bits per heavy atom. The normalized spacial score (nSPS) is 13.1. The van der Waals surface area contributed by atoms with E-state index in [-0.39, 0.29) is 0 Å². The quantitative estimate of drug-likeness (QED) is 0.629. The van der Waals surface area contributed by atoms with Crippen LogP contribution in [0.4, 0.5) is 11.4 Å². The third kappa shape index (κ3) is 2.43. The van der Waals surface area contributed by atoms with E-state index < -0.39 is 0 Å². The predicted molar refractivity (Wildman–Crippen MR) is 90.2 cm³/mol. The lowest BCUT2D eigenvalue weighted by Gasteiger charge is -2.14. The minimum Gasteiger partial charge on any atom is -0.356 e. The number of fused-ring (bicyclic) bond motifs is 2. The Morgan fingerprint density at radius 1 is 0.619 bits per heavy atom. The van der Waals surface area contributed by atoms with Crippen LogP contribution in [-0.2, 0) is 12.8 Å². The SMILES string of the molecule is C1=CCc2cc(Nc3ccc4ccccc4c3)ccc2C1. The summed E-state index contributed by atoms with van der Waals surface area (Å²) in [6.07, 6.45) is 6.61. The van der Waals surface area contributed by atoms with E-state index in [9.17, 15) is 0 Å². The molecular formula is C20H17N. The number of allylic oxidation sites excluding steroid dienone is 2. The summed E-state index contributed by atoms with van der Waals surface area (Å²) in [4.78, 5) is 0. The predicted octanol–water partition coefficient (Wildman–Crippen LogP) is 5.24. The minimum atomic E-state index is 1.04. The highest BCUT2D eigenvalue weighted by molar-refractivity contribution is 5.86. The Morgan fingerprint density at radius 3 is 2.24 bits per heavy atom. The summed E-state index contributed by atoms with van der Waals surface area (Å²) in [5.41, 5.74) is 5.18. The van der Waals surface area contributed by atoms with Crippen molar-refractivity contribution in [1.29, 1.82) is 0 Å². The van der Waals surface area contributed by atoms with Crippen molar-refractivity contribution in [2.75, 3.05) is 5.32 Å². The van der Waals surface area contributed by atoms with Crippen LogP contribution in [0.5, 0.6) is 0 Å². The van der Waals surface area contributed by atoms with Crippen LogP contribution in [0.2, 0.25) is 0 Å². The van der Waals surface area contributed by atoms with Crippen molar-refractivity contribution < 1.29 is 0 Å². The fourth-order valence-corrected chi connectivity index (χ4v) is 2.95. The molecule has 1 heteroatoms. The molecule has 4 rings (SSSR count). The van der Waals surface area contributed by atoms with Gasteiger partial charge in [0.05, 0.1) is 0 Å². The molecule has 1 aliphatic carbocycles. The molecule has 0 aromatic heterocycles. The van der Waals surface area contributed by atoms with Gasteiger partial charge in [-0.1, -0.05) is 48.6 Å². The van der Waals surface area contributed by atoms with E-state index in [2.05, 4.69) is 78.1 Å². The molecule has 0 unspecified atom stereocenters. The molecule has 0 saturated heterocycles. The summed E-state index contributed by atoms with van der Waals surface area (Å²) in [6.45, 7) is 0. The van der Waals surface area contributed by atoms with Gasteiger partial charge in [0.25, 0.3) is 0 Å². The average molecular weight is 271 g/mol. The third-order valence-corrected chi connectivity index (χ3v) is 4.09. The first kappa shape index (κ1) is 12.2. The lowest BCUT2D eigenvalue weighted by molar-refractivity contribution is 1.09. The topological polar surface area (TPSA) is 12.0 Å². The number of anilines is 2. The Balaban J connectivity index is 1.65. The zero-order valence-corrected chi connectivity index (χ0v) is 11.8. The maximum absolute atomic E-state index is 3.52. The molecule has 1 N–H and O–H groups in total. The van der Waals surface area contributed by atoms with Gasteiger partial charge < -0.3 is 5.32 Å². The summed E-state index contributed by atoms with van der Waals surface area (Å²) in [7, 11) is 0. The maximum atomic E-state index is 3.52. The standard InChI is InChI=1S/C20H17N/c1-3-7-17-13-19(11-9-15(17)5-1)21-20-12-10-16-6-2-4-8-18(16)14-20/h1-5,7,9-14,21H,6,8H2. The van der Waals surface area contributed by atoms with Crippen molar-refractivity contribution in [2.24, 2.45) is 0 Å². The van der Waals surface area contributed by atoms with E-state index in [1.165, 1.54) is 27.6 Å². The third-order valence-electron chi connectivity index (χ3n) is 4.09. The number of rotatable bonds is 2. The Hall–Kier alpha value is -2.54. The first-order chi connectivity index (χ1) is 10.4. The van der Waals surface area contributed by atoms with Gasteiger partial charge in [0.15, 0.2) is 0 Å². The fraction of sp³-hybridized carbons (Fsp3) is 0.100. The van der Waals surface area contributed by atoms with Crippen LogP contribution in [-0.4, -0.2) is 0 Å². The number of benzene rings is 3. The molecule has 3 aromatic rings. The number of nitrogens with one attached hydrogen (secondary N) is 1. The molecule has 1 nitrogen and oxygen atoms in total. The van der Waals surface area contributed by atoms with Gasteiger partial charge in [0.2, 0.25) is 0 Å². The van der Waals surface area contributed by atoms with E-state index in [0.29, 0.717) is 0 Å². The highest BCUT2D eigenvalue weighted by Crippen LogP contribution is 2.25. The summed E-state index contributed by atoms with van der Waals surface area (Å²) in [6, 6.07) is 21.6. The van der Waals surface area contributed by atoms with Crippen LogP contribution in [0.1, 0.15) is 11.1 Å². The molecule has 0 bridgehead atoms. The molecule has 0 fully saturated rings. The van der Waals surface area contributed by atoms with Crippen molar-refractivity contribution in [3.05, 3.63) is 83.9 Å². The highest BCUT2D eigenvalue weighted by atomic mass is 14.9. The van der Waals surface area contributed by atoms with Gasteiger partial charge in [-0.15, -0.1) is 0 Å². The van der Waals surface area contributed by atoms with Gasteiger partial charge in [0.1, 0.15) is 0 Å². The average Bonchev–Trinajstić information content (AvgIpc) is 2.55. The van der Waals surface area contributed by atoms with Crippen LogP contribution in [0.3, 0.4) is 0 Å². The Kier molecular flexibility index (Phi) is 2.97. The molecule has 21 heavy (non-hydrogen) atoms. The van der Waals surface area contributed by atoms with Gasteiger partial charge >= 0.3 is 0 Å². The molecule has 0 radical (unpaired) electrons. The summed E-state index contributed by atoms with van der Waals surface area (Å²) in [5.74, 6) is 0. The second-order valence-corrected chi connectivity index (χ2v) is 5.55. The van der Waals surface area contributed by atoms with Crippen LogP contribution < -0.4 is 5.32 Å². The van der Waals surface area contributed by atoms with Gasteiger partial charge in [-0.05, 0) is 59.0 Å². The van der Waals surface area contributed by atoms with Crippen molar-refractivity contribution in [3.8, 4) is 0 Å². The molecular weight excluding hydrogens is 254 g/mol. The van der Waals surface area contributed by atoms with E-state index in [1.807, 2.05) is 0 Å². The van der Waals surface area contributed by atoms with Crippen molar-refractivity contribution in [1.82, 2.24) is 0 Å². The zero-order valence-electron chi connectivity index (χ0n) is 11.8. The molecule has 0 atom stereocenters. The van der Waals surface area contributed by atoms with Crippen LogP contribution in [0.25, 0.3) is 10.8 Å². The largest absolute Gasteiger partial charge is 0.356 e. The summed E-state index contributed by atoms with van der Waals surface area (Å²) >= 11 is 0. The summed E-state index contributed by atoms with van der Waals surface area (Å²) in [5, 5.41) is 6.07. The molecule has 102 valence electrons. The smallest absolute Gasteiger partial charge is 0.0390 e. The zero-order chi connectivity index (χ0) is 14.1. The Labute approximate surface area is 124 Å². The van der Waals surface area contributed by atoms with Crippen molar-refractivity contribution >= 4 is 22.1 Å². The van der Waals surface area contributed by atoms with E-state index in [0.717, 1.165) is 18.5 Å². The molecule has 0 aliphatic heterocycles. The maximum Gasteiger partial charge on any atom is 0.0390 e. The van der Waals surface area contributed by atoms with Crippen LogP contribution in [0.15, 0.2) is 72.8 Å². The second-order valence-electron chi connectivity index (χ2n) is 5.55. The lowest BCUT2D eigenvalue weighted by Crippen LogP contribution is -1.99. The molecule has 1 aliphatic rings. The minimum absolute atomic E-state index is 1.04. The van der Waals surface area contributed by atoms with Crippen molar-refractivity contribution in [3.63, 3.8) is 0 Å². The van der Waals surface area contributed by atoms with Crippen LogP contribution in [0, 0.1) is 0 Å². The second kappa shape index (κ2) is 5.10. The first-order valence-electron chi connectivity index (χ1n) is 7.41. The van der Waals surface area contributed by atoms with E-state index >= 15 is 0 Å². The number of hydrogen-bond acceptors (Lipinski definition) is 1. The van der Waals surface area contributed by atoms with Crippen molar-refractivity contribution in [2.45, 2.75) is 12.8 Å². The molecule has 3 aromatic carbocycles. The van der Waals surface area contributed by atoms with E-state index in [4.69, 9.17) is 0 Å². The van der Waals surface area contributed by atoms with Gasteiger partial charge in [-0.2, -0.15) is 0 Å². The lowest BCUT2D eigenvalue weighted by atomic mass is 9.96. The number of hydrogen-bond donors (Lipinski definition) is 1. The van der Waals surface area contributed by atoms with Gasteiger partial charge in [-0.3, -0.25) is 0 Å². The molecule has 0 spiro atoms. The molecule has 0 amide bonds. The highest BCUT2D eigenvalue weighted by Gasteiger charge is 2.06. The fourth-order valence-electron chi connectivity index (χ4n) is 2.95. The molecule has 0 saturated carbocycles. The Bertz CT molecular complexity index is 830. The monoisotopic (exact) mass is 271 g/mol. The molecule has 0 heterocycles. The van der Waals surface area contributed by atoms with E-state index in [1.54, 1.807) is 0 Å².